The zero-order chi connectivity index (χ0) is 16.9. The minimum Gasteiger partial charge on any atom is -0.351 e. The number of anilines is 1. The van der Waals surface area contributed by atoms with Crippen LogP contribution in [0, 0.1) is 5.82 Å². The van der Waals surface area contributed by atoms with E-state index in [4.69, 9.17) is 0 Å². The van der Waals surface area contributed by atoms with Gasteiger partial charge in [-0.05, 0) is 30.3 Å². The van der Waals surface area contributed by atoms with Crippen molar-refractivity contribution in [1.29, 1.82) is 0 Å². The molecule has 0 fully saturated rings. The second kappa shape index (κ2) is 7.18. The van der Waals surface area contributed by atoms with Gasteiger partial charge in [-0.1, -0.05) is 6.07 Å². The Morgan fingerprint density at radius 2 is 1.96 bits per heavy atom. The number of fused-ring (bicyclic) bond motifs is 1. The molecule has 0 aliphatic rings. The predicted octanol–water partition coefficient (Wildman–Crippen LogP) is 3.19. The van der Waals surface area contributed by atoms with Crippen molar-refractivity contribution in [3.05, 3.63) is 59.5 Å². The summed E-state index contributed by atoms with van der Waals surface area (Å²) in [5.74, 6) is -0.865. The molecule has 2 N–H and O–H groups in total. The Bertz CT molecular complexity index is 880. The normalized spacial score (nSPS) is 10.5. The third kappa shape index (κ3) is 3.75. The average Bonchev–Trinajstić information content (AvgIpc) is 3.01. The van der Waals surface area contributed by atoms with E-state index in [2.05, 4.69) is 15.6 Å². The number of hydrogen-bond acceptors (Lipinski definition) is 4. The predicted molar refractivity (Wildman–Crippen MR) is 91.6 cm³/mol. The number of carbonyl (C=O) groups is 2. The maximum absolute atomic E-state index is 13.6. The van der Waals surface area contributed by atoms with Gasteiger partial charge in [-0.15, -0.1) is 11.3 Å². The van der Waals surface area contributed by atoms with Gasteiger partial charge in [0, 0.05) is 41.1 Å². The highest BCUT2D eigenvalue weighted by Crippen LogP contribution is 2.27. The first-order valence-corrected chi connectivity index (χ1v) is 8.11. The van der Waals surface area contributed by atoms with E-state index in [-0.39, 0.29) is 30.6 Å². The van der Waals surface area contributed by atoms with Gasteiger partial charge in [0.25, 0.3) is 5.91 Å². The highest BCUT2D eigenvalue weighted by atomic mass is 32.1. The number of rotatable bonds is 5. The van der Waals surface area contributed by atoms with Gasteiger partial charge in [-0.25, -0.2) is 4.39 Å². The summed E-state index contributed by atoms with van der Waals surface area (Å²) in [6.45, 7) is 0.201. The third-order valence-electron chi connectivity index (χ3n) is 3.33. The molecule has 2 aromatic heterocycles. The van der Waals surface area contributed by atoms with Crippen molar-refractivity contribution in [1.82, 2.24) is 10.3 Å². The molecule has 3 rings (SSSR count). The van der Waals surface area contributed by atoms with Crippen LogP contribution in [0.1, 0.15) is 16.1 Å². The number of nitrogens with zero attached hydrogens (tertiary/aromatic N) is 1. The molecule has 0 aliphatic heterocycles. The van der Waals surface area contributed by atoms with Crippen LogP contribution < -0.4 is 10.6 Å². The van der Waals surface area contributed by atoms with Crippen molar-refractivity contribution in [3.63, 3.8) is 0 Å². The number of carbonyl (C=O) groups excluding carboxylic acids is 2. The van der Waals surface area contributed by atoms with E-state index in [0.29, 0.717) is 16.0 Å². The van der Waals surface area contributed by atoms with Gasteiger partial charge in [0.05, 0.1) is 4.88 Å². The van der Waals surface area contributed by atoms with Crippen LogP contribution in [0.25, 0.3) is 10.1 Å². The van der Waals surface area contributed by atoms with Crippen LogP contribution in [-0.2, 0) is 4.79 Å². The summed E-state index contributed by atoms with van der Waals surface area (Å²) in [4.78, 5) is 28.2. The number of nitrogens with one attached hydrogen (secondary N) is 2. The summed E-state index contributed by atoms with van der Waals surface area (Å²) < 4.78 is 14.4. The van der Waals surface area contributed by atoms with E-state index in [1.807, 2.05) is 0 Å². The van der Waals surface area contributed by atoms with Crippen molar-refractivity contribution >= 4 is 38.9 Å². The van der Waals surface area contributed by atoms with E-state index >= 15 is 0 Å². The molecule has 2 heterocycles. The zero-order valence-electron chi connectivity index (χ0n) is 12.6. The summed E-state index contributed by atoms with van der Waals surface area (Å²) in [5, 5.41) is 5.81. The third-order valence-corrected chi connectivity index (χ3v) is 4.43. The molecule has 0 atom stereocenters. The topological polar surface area (TPSA) is 71.1 Å². The summed E-state index contributed by atoms with van der Waals surface area (Å²) in [6.07, 6.45) is 3.31. The van der Waals surface area contributed by atoms with Crippen LogP contribution in [0.4, 0.5) is 10.1 Å². The van der Waals surface area contributed by atoms with Crippen LogP contribution >= 0.6 is 11.3 Å². The van der Waals surface area contributed by atoms with Crippen LogP contribution in [0.3, 0.4) is 0 Å². The first-order chi connectivity index (χ1) is 11.6. The second-order valence-corrected chi connectivity index (χ2v) is 6.14. The number of benzene rings is 1. The molecule has 122 valence electrons. The van der Waals surface area contributed by atoms with E-state index in [9.17, 15) is 14.0 Å². The van der Waals surface area contributed by atoms with E-state index in [1.165, 1.54) is 23.5 Å². The maximum Gasteiger partial charge on any atom is 0.261 e. The largest absolute Gasteiger partial charge is 0.351 e. The minimum atomic E-state index is -0.348. The Morgan fingerprint density at radius 1 is 1.17 bits per heavy atom. The van der Waals surface area contributed by atoms with Crippen LogP contribution in [0.5, 0.6) is 0 Å². The quantitative estimate of drug-likeness (QED) is 0.747. The molecule has 0 saturated heterocycles. The molecule has 0 aliphatic carbocycles. The molecule has 5 nitrogen and oxygen atoms in total. The van der Waals surface area contributed by atoms with Crippen LogP contribution in [0.2, 0.25) is 0 Å². The summed E-state index contributed by atoms with van der Waals surface area (Å²) in [6, 6.07) is 9.63. The first kappa shape index (κ1) is 16.1. The monoisotopic (exact) mass is 343 g/mol. The fraction of sp³-hybridized carbons (Fsp3) is 0.118. The molecular formula is C17H14FN3O2S. The fourth-order valence-electron chi connectivity index (χ4n) is 2.17. The van der Waals surface area contributed by atoms with Gasteiger partial charge in [-0.2, -0.15) is 0 Å². The number of amides is 2. The Balaban J connectivity index is 1.53. The highest BCUT2D eigenvalue weighted by molar-refractivity contribution is 7.20. The van der Waals surface area contributed by atoms with Gasteiger partial charge < -0.3 is 10.6 Å². The zero-order valence-corrected chi connectivity index (χ0v) is 13.4. The van der Waals surface area contributed by atoms with Gasteiger partial charge in [-0.3, -0.25) is 14.6 Å². The van der Waals surface area contributed by atoms with Gasteiger partial charge in [0.15, 0.2) is 0 Å². The molecular weight excluding hydrogens is 329 g/mol. The summed E-state index contributed by atoms with van der Waals surface area (Å²) >= 11 is 1.22. The Labute approximate surface area is 141 Å². The maximum atomic E-state index is 13.6. The first-order valence-electron chi connectivity index (χ1n) is 7.29. The molecule has 24 heavy (non-hydrogen) atoms. The smallest absolute Gasteiger partial charge is 0.261 e. The number of pyridine rings is 1. The molecule has 0 spiro atoms. The molecule has 3 aromatic rings. The minimum absolute atomic E-state index is 0.146. The lowest BCUT2D eigenvalue weighted by molar-refractivity contribution is -0.116. The van der Waals surface area contributed by atoms with Crippen molar-refractivity contribution in [3.8, 4) is 0 Å². The second-order valence-electron chi connectivity index (χ2n) is 5.05. The number of halogens is 1. The van der Waals surface area contributed by atoms with Crippen LogP contribution in [-0.4, -0.2) is 23.3 Å². The van der Waals surface area contributed by atoms with E-state index in [0.717, 1.165) is 4.70 Å². The number of thiophene rings is 1. The lowest BCUT2D eigenvalue weighted by Gasteiger charge is -2.05. The molecule has 1 aromatic carbocycles. The Kier molecular flexibility index (Phi) is 4.81. The van der Waals surface area contributed by atoms with E-state index in [1.54, 1.807) is 36.7 Å². The Morgan fingerprint density at radius 3 is 2.71 bits per heavy atom. The number of aromatic nitrogens is 1. The van der Waals surface area contributed by atoms with Gasteiger partial charge >= 0.3 is 0 Å². The van der Waals surface area contributed by atoms with Crippen molar-refractivity contribution in [2.45, 2.75) is 6.42 Å². The van der Waals surface area contributed by atoms with Gasteiger partial charge in [0.2, 0.25) is 5.91 Å². The molecule has 2 amide bonds. The SMILES string of the molecule is O=C(CCNC(=O)c1cc2c(F)cccc2s1)Nc1ccncc1. The molecule has 7 heteroatoms. The van der Waals surface area contributed by atoms with Crippen molar-refractivity contribution in [2.75, 3.05) is 11.9 Å². The molecule has 0 unspecified atom stereocenters. The summed E-state index contributed by atoms with van der Waals surface area (Å²) in [7, 11) is 0. The summed E-state index contributed by atoms with van der Waals surface area (Å²) in [5.41, 5.74) is 0.654. The average molecular weight is 343 g/mol. The lowest BCUT2D eigenvalue weighted by atomic mass is 10.2. The lowest BCUT2D eigenvalue weighted by Crippen LogP contribution is -2.27. The molecule has 0 saturated carbocycles. The number of hydrogen-bond donors (Lipinski definition) is 2. The Hall–Kier alpha value is -2.80. The van der Waals surface area contributed by atoms with Crippen molar-refractivity contribution in [2.24, 2.45) is 0 Å². The van der Waals surface area contributed by atoms with Crippen molar-refractivity contribution < 1.29 is 14.0 Å². The highest BCUT2D eigenvalue weighted by Gasteiger charge is 2.12. The van der Waals surface area contributed by atoms with E-state index < -0.39 is 0 Å². The fourth-order valence-corrected chi connectivity index (χ4v) is 3.16. The molecule has 0 radical (unpaired) electrons. The standard InChI is InChI=1S/C17H14FN3O2S/c18-13-2-1-3-14-12(13)10-15(24-14)17(23)20-9-6-16(22)21-11-4-7-19-8-5-11/h1-5,7-8,10H,6,9H2,(H,20,23)(H,19,21,22). The van der Waals surface area contributed by atoms with Gasteiger partial charge in [0.1, 0.15) is 5.82 Å². The molecule has 0 bridgehead atoms. The van der Waals surface area contributed by atoms with Crippen LogP contribution in [0.15, 0.2) is 48.8 Å².